The van der Waals surface area contributed by atoms with Crippen molar-refractivity contribution >= 4 is 22.6 Å². The maximum absolute atomic E-state index is 5.92. The molecule has 0 radical (unpaired) electrons. The summed E-state index contributed by atoms with van der Waals surface area (Å²) in [6, 6.07) is 2.00. The first-order chi connectivity index (χ1) is 10.2. The molecule has 5 nitrogen and oxygen atoms in total. The highest BCUT2D eigenvalue weighted by Crippen LogP contribution is 2.19. The molecule has 0 saturated heterocycles. The molecule has 0 saturated carbocycles. The molecular weight excluding hydrogens is 286 g/mol. The molecule has 6 heteroatoms. The van der Waals surface area contributed by atoms with Gasteiger partial charge in [0.2, 0.25) is 0 Å². The molecule has 0 aliphatic heterocycles. The monoisotopic (exact) mass is 303 g/mol. The Kier molecular flexibility index (Phi) is 3.92. The number of hydrogen-bond donors (Lipinski definition) is 0. The lowest BCUT2D eigenvalue weighted by Gasteiger charge is -2.08. The lowest BCUT2D eigenvalue weighted by molar-refractivity contribution is 0.746. The van der Waals surface area contributed by atoms with Crippen molar-refractivity contribution in [3.63, 3.8) is 0 Å². The quantitative estimate of drug-likeness (QED) is 0.681. The summed E-state index contributed by atoms with van der Waals surface area (Å²) in [5.74, 6) is 1.56. The molecule has 3 heterocycles. The highest BCUT2D eigenvalue weighted by molar-refractivity contribution is 6.17. The Hall–Kier alpha value is -1.88. The molecule has 21 heavy (non-hydrogen) atoms. The van der Waals surface area contributed by atoms with Gasteiger partial charge in [0.25, 0.3) is 0 Å². The van der Waals surface area contributed by atoms with E-state index in [1.165, 1.54) is 5.56 Å². The number of hydrogen-bond acceptors (Lipinski definition) is 3. The van der Waals surface area contributed by atoms with E-state index in [0.717, 1.165) is 41.9 Å². The predicted molar refractivity (Wildman–Crippen MR) is 83.6 cm³/mol. The van der Waals surface area contributed by atoms with Crippen LogP contribution < -0.4 is 0 Å². The molecular formula is C15H18ClN5. The lowest BCUT2D eigenvalue weighted by Crippen LogP contribution is -2.07. The number of nitrogens with zero attached hydrogens (tertiary/aromatic N) is 5. The average molecular weight is 304 g/mol. The van der Waals surface area contributed by atoms with Crippen LogP contribution >= 0.6 is 11.6 Å². The minimum atomic E-state index is 0.560. The van der Waals surface area contributed by atoms with Crippen LogP contribution in [0.2, 0.25) is 0 Å². The topological polar surface area (TPSA) is 48.5 Å². The summed E-state index contributed by atoms with van der Waals surface area (Å²) in [6.07, 6.45) is 7.35. The van der Waals surface area contributed by atoms with Crippen LogP contribution in [0.15, 0.2) is 24.7 Å². The molecule has 0 N–H and O–H groups in total. The molecule has 0 fully saturated rings. The number of alkyl halides is 1. The van der Waals surface area contributed by atoms with Gasteiger partial charge in [0.15, 0.2) is 0 Å². The van der Waals surface area contributed by atoms with Crippen molar-refractivity contribution in [3.05, 3.63) is 41.7 Å². The van der Waals surface area contributed by atoms with E-state index >= 15 is 0 Å². The maximum Gasteiger partial charge on any atom is 0.111 e. The second kappa shape index (κ2) is 5.85. The molecule has 0 aliphatic rings. The van der Waals surface area contributed by atoms with Gasteiger partial charge >= 0.3 is 0 Å². The summed E-state index contributed by atoms with van der Waals surface area (Å²) >= 11 is 5.92. The first-order valence-corrected chi connectivity index (χ1v) is 7.62. The number of halogens is 1. The van der Waals surface area contributed by atoms with Gasteiger partial charge in [0, 0.05) is 37.3 Å². The van der Waals surface area contributed by atoms with Crippen LogP contribution in [0.25, 0.3) is 11.0 Å². The zero-order chi connectivity index (χ0) is 14.8. The van der Waals surface area contributed by atoms with Crippen LogP contribution in [0.3, 0.4) is 0 Å². The van der Waals surface area contributed by atoms with Gasteiger partial charge in [-0.25, -0.2) is 4.98 Å². The molecule has 3 aromatic rings. The first kappa shape index (κ1) is 14.1. The van der Waals surface area contributed by atoms with E-state index in [9.17, 15) is 0 Å². The predicted octanol–water partition coefficient (Wildman–Crippen LogP) is 2.56. The van der Waals surface area contributed by atoms with E-state index in [1.807, 2.05) is 17.8 Å². The van der Waals surface area contributed by atoms with E-state index in [0.29, 0.717) is 5.88 Å². The lowest BCUT2D eigenvalue weighted by atomic mass is 10.2. The standard InChI is InChI=1S/C15H18ClN5/c1-3-12-11(9-20(2)19-12)10-21-14-5-7-17-8-13(14)18-15(21)4-6-16/h5,7-9H,3-4,6,10H2,1-2H3. The summed E-state index contributed by atoms with van der Waals surface area (Å²) in [7, 11) is 1.96. The van der Waals surface area contributed by atoms with Gasteiger partial charge in [-0.15, -0.1) is 11.6 Å². The second-order valence-corrected chi connectivity index (χ2v) is 5.42. The number of aryl methyl sites for hydroxylation is 3. The fourth-order valence-electron chi connectivity index (χ4n) is 2.67. The van der Waals surface area contributed by atoms with Crippen molar-refractivity contribution < 1.29 is 0 Å². The number of fused-ring (bicyclic) bond motifs is 1. The van der Waals surface area contributed by atoms with Crippen molar-refractivity contribution in [2.24, 2.45) is 7.05 Å². The normalized spacial score (nSPS) is 11.4. The van der Waals surface area contributed by atoms with E-state index in [1.54, 1.807) is 12.4 Å². The van der Waals surface area contributed by atoms with Crippen LogP contribution in [0.1, 0.15) is 24.0 Å². The molecule has 3 rings (SSSR count). The highest BCUT2D eigenvalue weighted by Gasteiger charge is 2.13. The molecule has 0 spiro atoms. The summed E-state index contributed by atoms with van der Waals surface area (Å²) < 4.78 is 4.09. The largest absolute Gasteiger partial charge is 0.323 e. The summed E-state index contributed by atoms with van der Waals surface area (Å²) in [6.45, 7) is 2.89. The number of pyridine rings is 1. The van der Waals surface area contributed by atoms with Crippen molar-refractivity contribution in [3.8, 4) is 0 Å². The zero-order valence-electron chi connectivity index (χ0n) is 12.3. The molecule has 0 unspecified atom stereocenters. The Balaban J connectivity index is 2.07. The molecule has 0 aromatic carbocycles. The fraction of sp³-hybridized carbons (Fsp3) is 0.400. The second-order valence-electron chi connectivity index (χ2n) is 5.05. The van der Waals surface area contributed by atoms with E-state index in [2.05, 4.69) is 32.8 Å². The number of imidazole rings is 1. The number of rotatable bonds is 5. The molecule has 0 bridgehead atoms. The van der Waals surface area contributed by atoms with Gasteiger partial charge in [-0.2, -0.15) is 5.10 Å². The summed E-state index contributed by atoms with van der Waals surface area (Å²) in [5, 5.41) is 4.51. The van der Waals surface area contributed by atoms with Crippen LogP contribution in [0.4, 0.5) is 0 Å². The third-order valence-corrected chi connectivity index (χ3v) is 3.79. The van der Waals surface area contributed by atoms with E-state index in [4.69, 9.17) is 11.6 Å². The first-order valence-electron chi connectivity index (χ1n) is 7.09. The van der Waals surface area contributed by atoms with E-state index < -0.39 is 0 Å². The minimum absolute atomic E-state index is 0.560. The summed E-state index contributed by atoms with van der Waals surface area (Å²) in [5.41, 5.74) is 4.37. The smallest absolute Gasteiger partial charge is 0.111 e. The van der Waals surface area contributed by atoms with Crippen LogP contribution in [-0.4, -0.2) is 30.2 Å². The molecule has 3 aromatic heterocycles. The fourth-order valence-corrected chi connectivity index (χ4v) is 2.84. The summed E-state index contributed by atoms with van der Waals surface area (Å²) in [4.78, 5) is 8.80. The van der Waals surface area contributed by atoms with Crippen LogP contribution in [-0.2, 0) is 26.4 Å². The zero-order valence-corrected chi connectivity index (χ0v) is 13.0. The van der Waals surface area contributed by atoms with Crippen molar-refractivity contribution in [2.45, 2.75) is 26.3 Å². The van der Waals surface area contributed by atoms with Gasteiger partial charge in [-0.1, -0.05) is 6.92 Å². The van der Waals surface area contributed by atoms with Gasteiger partial charge in [0.05, 0.1) is 24.0 Å². The van der Waals surface area contributed by atoms with Gasteiger partial charge in [-0.05, 0) is 12.5 Å². The van der Waals surface area contributed by atoms with Crippen molar-refractivity contribution in [1.82, 2.24) is 24.3 Å². The Morgan fingerprint density at radius 1 is 1.33 bits per heavy atom. The maximum atomic E-state index is 5.92. The molecule has 110 valence electrons. The Labute approximate surface area is 128 Å². The van der Waals surface area contributed by atoms with Crippen LogP contribution in [0, 0.1) is 0 Å². The Bertz CT molecular complexity index is 759. The SMILES string of the molecule is CCc1nn(C)cc1Cn1c(CCCl)nc2cnccc21. The van der Waals surface area contributed by atoms with Gasteiger partial charge < -0.3 is 4.57 Å². The molecule has 0 amide bonds. The average Bonchev–Trinajstić information content (AvgIpc) is 3.01. The Morgan fingerprint density at radius 3 is 2.95 bits per heavy atom. The molecule has 0 atom stereocenters. The van der Waals surface area contributed by atoms with Gasteiger partial charge in [0.1, 0.15) is 11.3 Å². The van der Waals surface area contributed by atoms with E-state index in [-0.39, 0.29) is 0 Å². The molecule has 0 aliphatic carbocycles. The Morgan fingerprint density at radius 2 is 2.19 bits per heavy atom. The highest BCUT2D eigenvalue weighted by atomic mass is 35.5. The third kappa shape index (κ3) is 2.65. The van der Waals surface area contributed by atoms with Crippen molar-refractivity contribution in [2.75, 3.05) is 5.88 Å². The number of aromatic nitrogens is 5. The minimum Gasteiger partial charge on any atom is -0.323 e. The van der Waals surface area contributed by atoms with Crippen LogP contribution in [0.5, 0.6) is 0 Å². The van der Waals surface area contributed by atoms with Crippen molar-refractivity contribution in [1.29, 1.82) is 0 Å². The van der Waals surface area contributed by atoms with Gasteiger partial charge in [-0.3, -0.25) is 9.67 Å². The third-order valence-electron chi connectivity index (χ3n) is 3.60.